The summed E-state index contributed by atoms with van der Waals surface area (Å²) >= 11 is 0. The van der Waals surface area contributed by atoms with E-state index in [4.69, 9.17) is 5.14 Å². The van der Waals surface area contributed by atoms with E-state index in [1.807, 2.05) is 0 Å². The molecule has 0 aromatic carbocycles. The Bertz CT molecular complexity index is 329. The molecule has 5 nitrogen and oxygen atoms in total. The molecular weight excluding hydrogens is 264 g/mol. The van der Waals surface area contributed by atoms with E-state index in [1.54, 1.807) is 0 Å². The SMILES string of the molecule is CCCCCCCCCC(=O)NCCCS(N)(=O)=O. The molecule has 0 spiro atoms. The van der Waals surface area contributed by atoms with Gasteiger partial charge in [0.25, 0.3) is 0 Å². The summed E-state index contributed by atoms with van der Waals surface area (Å²) in [4.78, 5) is 11.4. The van der Waals surface area contributed by atoms with Gasteiger partial charge < -0.3 is 5.32 Å². The fourth-order valence-electron chi connectivity index (χ4n) is 1.83. The summed E-state index contributed by atoms with van der Waals surface area (Å²) < 4.78 is 21.3. The second-order valence-corrected chi connectivity index (χ2v) is 6.68. The molecule has 0 fully saturated rings. The highest BCUT2D eigenvalue weighted by atomic mass is 32.2. The normalized spacial score (nSPS) is 11.5. The predicted molar refractivity (Wildman–Crippen MR) is 78.2 cm³/mol. The first kappa shape index (κ1) is 18.4. The van der Waals surface area contributed by atoms with E-state index < -0.39 is 10.0 Å². The molecule has 0 aliphatic rings. The minimum absolute atomic E-state index is 0.00276. The Balaban J connectivity index is 3.31. The topological polar surface area (TPSA) is 89.3 Å². The van der Waals surface area contributed by atoms with E-state index in [0.29, 0.717) is 19.4 Å². The maximum atomic E-state index is 11.4. The molecule has 0 rings (SSSR count). The molecule has 0 aromatic rings. The van der Waals surface area contributed by atoms with Gasteiger partial charge in [-0.15, -0.1) is 0 Å². The van der Waals surface area contributed by atoms with Crippen molar-refractivity contribution in [1.29, 1.82) is 0 Å². The second kappa shape index (κ2) is 11.2. The zero-order valence-electron chi connectivity index (χ0n) is 12.0. The van der Waals surface area contributed by atoms with Crippen molar-refractivity contribution < 1.29 is 13.2 Å². The van der Waals surface area contributed by atoms with Crippen LogP contribution in [0.3, 0.4) is 0 Å². The first-order chi connectivity index (χ1) is 8.95. The Morgan fingerprint density at radius 1 is 1.00 bits per heavy atom. The Morgan fingerprint density at radius 2 is 1.58 bits per heavy atom. The third-order valence-electron chi connectivity index (χ3n) is 2.94. The fourth-order valence-corrected chi connectivity index (χ4v) is 2.38. The summed E-state index contributed by atoms with van der Waals surface area (Å²) in [6.07, 6.45) is 9.19. The van der Waals surface area contributed by atoms with E-state index >= 15 is 0 Å². The molecule has 0 heterocycles. The third kappa shape index (κ3) is 15.3. The molecule has 0 unspecified atom stereocenters. The Kier molecular flexibility index (Phi) is 10.9. The van der Waals surface area contributed by atoms with Crippen molar-refractivity contribution in [2.45, 2.75) is 64.7 Å². The largest absolute Gasteiger partial charge is 0.356 e. The number of carbonyl (C=O) groups excluding carboxylic acids is 1. The van der Waals surface area contributed by atoms with Gasteiger partial charge in [0.2, 0.25) is 15.9 Å². The number of unbranched alkanes of at least 4 members (excludes halogenated alkanes) is 6. The molecule has 0 aromatic heterocycles. The lowest BCUT2D eigenvalue weighted by molar-refractivity contribution is -0.121. The zero-order valence-corrected chi connectivity index (χ0v) is 12.8. The molecule has 0 bridgehead atoms. The molecule has 6 heteroatoms. The van der Waals surface area contributed by atoms with Gasteiger partial charge in [0, 0.05) is 13.0 Å². The van der Waals surface area contributed by atoms with E-state index in [9.17, 15) is 13.2 Å². The van der Waals surface area contributed by atoms with Crippen molar-refractivity contribution in [3.05, 3.63) is 0 Å². The van der Waals surface area contributed by atoms with Crippen LogP contribution in [0.15, 0.2) is 0 Å². The van der Waals surface area contributed by atoms with Gasteiger partial charge in [-0.3, -0.25) is 4.79 Å². The average molecular weight is 292 g/mol. The molecule has 3 N–H and O–H groups in total. The minimum Gasteiger partial charge on any atom is -0.356 e. The van der Waals surface area contributed by atoms with Crippen molar-refractivity contribution >= 4 is 15.9 Å². The Morgan fingerprint density at radius 3 is 2.16 bits per heavy atom. The van der Waals surface area contributed by atoms with Crippen LogP contribution in [-0.4, -0.2) is 26.6 Å². The van der Waals surface area contributed by atoms with Crippen molar-refractivity contribution in [1.82, 2.24) is 5.32 Å². The standard InChI is InChI=1S/C13H28N2O3S/c1-2-3-4-5-6-7-8-10-13(16)15-11-9-12-19(14,17)18/h2-12H2,1H3,(H,15,16)(H2,14,17,18). The van der Waals surface area contributed by atoms with Crippen LogP contribution in [0.4, 0.5) is 0 Å². The van der Waals surface area contributed by atoms with E-state index in [0.717, 1.165) is 12.8 Å². The highest BCUT2D eigenvalue weighted by Gasteiger charge is 2.04. The maximum absolute atomic E-state index is 11.4. The number of nitrogens with two attached hydrogens (primary N) is 1. The van der Waals surface area contributed by atoms with Gasteiger partial charge in [0.1, 0.15) is 0 Å². The second-order valence-electron chi connectivity index (χ2n) is 4.94. The number of hydrogen-bond donors (Lipinski definition) is 2. The smallest absolute Gasteiger partial charge is 0.219 e. The molecule has 114 valence electrons. The van der Waals surface area contributed by atoms with Gasteiger partial charge in [-0.25, -0.2) is 13.6 Å². The van der Waals surface area contributed by atoms with E-state index in [-0.39, 0.29) is 11.7 Å². The van der Waals surface area contributed by atoms with Crippen LogP contribution < -0.4 is 10.5 Å². The highest BCUT2D eigenvalue weighted by molar-refractivity contribution is 7.89. The van der Waals surface area contributed by atoms with Crippen molar-refractivity contribution in [2.75, 3.05) is 12.3 Å². The Hall–Kier alpha value is -0.620. The number of nitrogens with one attached hydrogen (secondary N) is 1. The monoisotopic (exact) mass is 292 g/mol. The van der Waals surface area contributed by atoms with Gasteiger partial charge in [0.05, 0.1) is 5.75 Å². The quantitative estimate of drug-likeness (QED) is 0.538. The third-order valence-corrected chi connectivity index (χ3v) is 3.79. The summed E-state index contributed by atoms with van der Waals surface area (Å²) in [7, 11) is -3.41. The molecular formula is C13H28N2O3S. The first-order valence-electron chi connectivity index (χ1n) is 7.23. The van der Waals surface area contributed by atoms with E-state index in [2.05, 4.69) is 12.2 Å². The van der Waals surface area contributed by atoms with Crippen molar-refractivity contribution in [3.63, 3.8) is 0 Å². The number of rotatable bonds is 12. The van der Waals surface area contributed by atoms with Crippen LogP contribution in [0.2, 0.25) is 0 Å². The van der Waals surface area contributed by atoms with Crippen LogP contribution in [0.5, 0.6) is 0 Å². The van der Waals surface area contributed by atoms with Crippen LogP contribution in [0.25, 0.3) is 0 Å². The highest BCUT2D eigenvalue weighted by Crippen LogP contribution is 2.08. The van der Waals surface area contributed by atoms with Gasteiger partial charge in [-0.1, -0.05) is 45.4 Å². The summed E-state index contributed by atoms with van der Waals surface area (Å²) in [5.74, 6) is -0.0759. The molecule has 0 radical (unpaired) electrons. The molecule has 0 aliphatic carbocycles. The summed E-state index contributed by atoms with van der Waals surface area (Å²) in [5.41, 5.74) is 0. The lowest BCUT2D eigenvalue weighted by Crippen LogP contribution is -2.27. The molecule has 0 saturated heterocycles. The number of amides is 1. The Labute approximate surface area is 117 Å². The maximum Gasteiger partial charge on any atom is 0.219 e. The van der Waals surface area contributed by atoms with Gasteiger partial charge in [0.15, 0.2) is 0 Å². The minimum atomic E-state index is -3.41. The molecule has 19 heavy (non-hydrogen) atoms. The molecule has 0 aliphatic heterocycles. The van der Waals surface area contributed by atoms with Crippen LogP contribution in [0, 0.1) is 0 Å². The molecule has 1 amide bonds. The van der Waals surface area contributed by atoms with Crippen LogP contribution in [-0.2, 0) is 14.8 Å². The molecule has 0 saturated carbocycles. The number of carbonyl (C=O) groups is 1. The van der Waals surface area contributed by atoms with Crippen LogP contribution in [0.1, 0.15) is 64.7 Å². The van der Waals surface area contributed by atoms with Gasteiger partial charge in [-0.2, -0.15) is 0 Å². The lowest BCUT2D eigenvalue weighted by atomic mass is 10.1. The average Bonchev–Trinajstić information content (AvgIpc) is 2.32. The van der Waals surface area contributed by atoms with Gasteiger partial charge in [-0.05, 0) is 12.8 Å². The summed E-state index contributed by atoms with van der Waals surface area (Å²) in [6, 6.07) is 0. The van der Waals surface area contributed by atoms with Crippen molar-refractivity contribution in [3.8, 4) is 0 Å². The lowest BCUT2D eigenvalue weighted by Gasteiger charge is -2.04. The van der Waals surface area contributed by atoms with Crippen LogP contribution >= 0.6 is 0 Å². The van der Waals surface area contributed by atoms with E-state index in [1.165, 1.54) is 32.1 Å². The predicted octanol–water partition coefficient (Wildman–Crippen LogP) is 1.92. The summed E-state index contributed by atoms with van der Waals surface area (Å²) in [6.45, 7) is 2.58. The summed E-state index contributed by atoms with van der Waals surface area (Å²) in [5, 5.41) is 7.57. The van der Waals surface area contributed by atoms with Gasteiger partial charge >= 0.3 is 0 Å². The zero-order chi connectivity index (χ0) is 14.6. The number of hydrogen-bond acceptors (Lipinski definition) is 3. The van der Waals surface area contributed by atoms with Crippen molar-refractivity contribution in [2.24, 2.45) is 5.14 Å². The first-order valence-corrected chi connectivity index (χ1v) is 8.94. The molecule has 0 atom stereocenters. The number of sulfonamides is 1. The number of primary sulfonamides is 1. The fraction of sp³-hybridized carbons (Fsp3) is 0.923.